The fourth-order valence-corrected chi connectivity index (χ4v) is 3.66. The second-order valence-electron chi connectivity index (χ2n) is 7.41. The number of rotatable bonds is 3. The third-order valence-electron chi connectivity index (χ3n) is 5.37. The second kappa shape index (κ2) is 7.95. The highest BCUT2D eigenvalue weighted by Crippen LogP contribution is 2.49. The van der Waals surface area contributed by atoms with Crippen molar-refractivity contribution in [2.24, 2.45) is 11.8 Å². The lowest BCUT2D eigenvalue weighted by Gasteiger charge is -2.42. The van der Waals surface area contributed by atoms with Crippen molar-refractivity contribution in [1.82, 2.24) is 15.5 Å². The minimum atomic E-state index is -5.01. The first-order valence-electron chi connectivity index (χ1n) is 9.11. The van der Waals surface area contributed by atoms with Crippen molar-refractivity contribution in [1.29, 1.82) is 0 Å². The average molecular weight is 441 g/mol. The Bertz CT molecular complexity index is 819. The van der Waals surface area contributed by atoms with Crippen molar-refractivity contribution in [3.8, 4) is 0 Å². The summed E-state index contributed by atoms with van der Waals surface area (Å²) in [6, 6.07) is 0.112. The van der Waals surface area contributed by atoms with Crippen LogP contribution in [-0.2, 0) is 11.0 Å². The molecule has 2 N–H and O–H groups in total. The number of hydrogen-bond donors (Lipinski definition) is 2. The summed E-state index contributed by atoms with van der Waals surface area (Å²) in [6.07, 6.45) is -10.2. The molecular formula is C18H18F7N3O2. The van der Waals surface area contributed by atoms with Gasteiger partial charge in [-0.3, -0.25) is 4.79 Å². The van der Waals surface area contributed by atoms with Gasteiger partial charge in [0, 0.05) is 13.1 Å². The molecule has 0 spiro atoms. The standard InChI is InChI=1S/C18H18F7N3O2/c19-13-2-1-9(7-12(13)18(23,24)25)15(10-5-11(6-10)17(20,21)22)27-16(30)28-4-3-26-14(29)8-28/h1-2,7,10-11,15H,3-6,8H2,(H,26,29)(H,27,30)/t10?,11?,15-/m0/s1. The van der Waals surface area contributed by atoms with Crippen LogP contribution in [0.2, 0.25) is 0 Å². The van der Waals surface area contributed by atoms with Crippen LogP contribution >= 0.6 is 0 Å². The average Bonchev–Trinajstić information content (AvgIpc) is 2.57. The Morgan fingerprint density at radius 1 is 1.17 bits per heavy atom. The third-order valence-corrected chi connectivity index (χ3v) is 5.37. The van der Waals surface area contributed by atoms with E-state index in [1.165, 1.54) is 0 Å². The Kier molecular flexibility index (Phi) is 5.87. The van der Waals surface area contributed by atoms with Crippen LogP contribution in [-0.4, -0.2) is 42.6 Å². The number of alkyl halides is 6. The molecule has 1 saturated heterocycles. The van der Waals surface area contributed by atoms with E-state index < -0.39 is 53.5 Å². The molecule has 166 valence electrons. The van der Waals surface area contributed by atoms with E-state index in [1.54, 1.807) is 0 Å². The van der Waals surface area contributed by atoms with E-state index in [1.807, 2.05) is 0 Å². The van der Waals surface area contributed by atoms with Crippen molar-refractivity contribution in [3.63, 3.8) is 0 Å². The Labute approximate surface area is 166 Å². The minimum Gasteiger partial charge on any atom is -0.353 e. The number of benzene rings is 1. The number of carbonyl (C=O) groups excluding carboxylic acids is 2. The molecule has 1 atom stereocenters. The molecule has 0 bridgehead atoms. The topological polar surface area (TPSA) is 61.4 Å². The summed E-state index contributed by atoms with van der Waals surface area (Å²) in [5.41, 5.74) is -1.72. The van der Waals surface area contributed by atoms with E-state index in [-0.39, 0.29) is 38.0 Å². The van der Waals surface area contributed by atoms with Crippen molar-refractivity contribution >= 4 is 11.9 Å². The SMILES string of the molecule is O=C1CN(C(=O)N[C@@H](c2ccc(F)c(C(F)(F)F)c2)C2CC(C(F)(F)F)C2)CCN1. The zero-order valence-corrected chi connectivity index (χ0v) is 15.4. The predicted molar refractivity (Wildman–Crippen MR) is 89.5 cm³/mol. The summed E-state index contributed by atoms with van der Waals surface area (Å²) >= 11 is 0. The Balaban J connectivity index is 1.85. The molecular weight excluding hydrogens is 423 g/mol. The monoisotopic (exact) mass is 441 g/mol. The maximum absolute atomic E-state index is 13.6. The molecule has 3 rings (SSSR count). The van der Waals surface area contributed by atoms with Gasteiger partial charge in [-0.2, -0.15) is 26.3 Å². The molecule has 1 aromatic carbocycles. The highest BCUT2D eigenvalue weighted by atomic mass is 19.4. The molecule has 30 heavy (non-hydrogen) atoms. The van der Waals surface area contributed by atoms with Crippen molar-refractivity contribution in [2.45, 2.75) is 31.2 Å². The van der Waals surface area contributed by atoms with Gasteiger partial charge in [0.25, 0.3) is 0 Å². The van der Waals surface area contributed by atoms with E-state index in [4.69, 9.17) is 0 Å². The number of halogens is 7. The van der Waals surface area contributed by atoms with Gasteiger partial charge < -0.3 is 15.5 Å². The van der Waals surface area contributed by atoms with E-state index in [9.17, 15) is 40.3 Å². The number of piperazine rings is 1. The van der Waals surface area contributed by atoms with E-state index >= 15 is 0 Å². The van der Waals surface area contributed by atoms with Crippen LogP contribution < -0.4 is 10.6 Å². The lowest BCUT2D eigenvalue weighted by molar-refractivity contribution is -0.206. The maximum Gasteiger partial charge on any atom is 0.419 e. The molecule has 1 heterocycles. The van der Waals surface area contributed by atoms with Crippen molar-refractivity contribution in [3.05, 3.63) is 35.1 Å². The van der Waals surface area contributed by atoms with Gasteiger partial charge in [0.15, 0.2) is 0 Å². The lowest BCUT2D eigenvalue weighted by atomic mass is 9.69. The zero-order valence-electron chi connectivity index (χ0n) is 15.4. The van der Waals surface area contributed by atoms with Gasteiger partial charge >= 0.3 is 18.4 Å². The number of amides is 3. The van der Waals surface area contributed by atoms with E-state index in [2.05, 4.69) is 10.6 Å². The minimum absolute atomic E-state index is 0.136. The molecule has 0 radical (unpaired) electrons. The fraction of sp³-hybridized carbons (Fsp3) is 0.556. The quantitative estimate of drug-likeness (QED) is 0.705. The number of nitrogens with zero attached hydrogens (tertiary/aromatic N) is 1. The highest BCUT2D eigenvalue weighted by molar-refractivity contribution is 5.85. The molecule has 3 amide bonds. The van der Waals surface area contributed by atoms with Gasteiger partial charge in [0.2, 0.25) is 5.91 Å². The largest absolute Gasteiger partial charge is 0.419 e. The molecule has 0 unspecified atom stereocenters. The number of hydrogen-bond acceptors (Lipinski definition) is 2. The smallest absolute Gasteiger partial charge is 0.353 e. The van der Waals surface area contributed by atoms with Crippen LogP contribution in [0.3, 0.4) is 0 Å². The van der Waals surface area contributed by atoms with Gasteiger partial charge in [0.1, 0.15) is 12.4 Å². The summed E-state index contributed by atoms with van der Waals surface area (Å²) in [4.78, 5) is 25.1. The maximum atomic E-state index is 13.6. The molecule has 1 aromatic rings. The van der Waals surface area contributed by atoms with Crippen LogP contribution in [0.15, 0.2) is 18.2 Å². The lowest BCUT2D eigenvalue weighted by Crippen LogP contribution is -2.54. The highest BCUT2D eigenvalue weighted by Gasteiger charge is 2.50. The first-order chi connectivity index (χ1) is 13.9. The Morgan fingerprint density at radius 3 is 2.40 bits per heavy atom. The van der Waals surface area contributed by atoms with Crippen molar-refractivity contribution < 1.29 is 40.3 Å². The summed E-state index contributed by atoms with van der Waals surface area (Å²) in [7, 11) is 0. The second-order valence-corrected chi connectivity index (χ2v) is 7.41. The molecule has 5 nitrogen and oxygen atoms in total. The summed E-state index contributed by atoms with van der Waals surface area (Å²) in [5.74, 6) is -4.36. The van der Waals surface area contributed by atoms with E-state index in [0.717, 1.165) is 11.0 Å². The van der Waals surface area contributed by atoms with Gasteiger partial charge in [-0.05, 0) is 36.5 Å². The fourth-order valence-electron chi connectivity index (χ4n) is 3.66. The van der Waals surface area contributed by atoms with E-state index in [0.29, 0.717) is 12.1 Å². The van der Waals surface area contributed by atoms with Crippen LogP contribution in [0.25, 0.3) is 0 Å². The number of nitrogens with one attached hydrogen (secondary N) is 2. The molecule has 1 aliphatic carbocycles. The van der Waals surface area contributed by atoms with Crippen molar-refractivity contribution in [2.75, 3.05) is 19.6 Å². The summed E-state index contributed by atoms with van der Waals surface area (Å²) in [5, 5.41) is 4.94. The molecule has 0 aromatic heterocycles. The van der Waals surface area contributed by atoms with Crippen LogP contribution in [0.5, 0.6) is 0 Å². The normalized spacial score (nSPS) is 23.4. The number of urea groups is 1. The van der Waals surface area contributed by atoms with Crippen LogP contribution in [0.1, 0.15) is 30.0 Å². The number of carbonyl (C=O) groups is 2. The summed E-state index contributed by atoms with van der Waals surface area (Å²) < 4.78 is 91.5. The Hall–Kier alpha value is -2.53. The molecule has 2 fully saturated rings. The molecule has 2 aliphatic rings. The first-order valence-corrected chi connectivity index (χ1v) is 9.11. The molecule has 1 aliphatic heterocycles. The summed E-state index contributed by atoms with van der Waals surface area (Å²) in [6.45, 7) is 0.0221. The van der Waals surface area contributed by atoms with Crippen LogP contribution in [0.4, 0.5) is 35.5 Å². The van der Waals surface area contributed by atoms with Gasteiger partial charge in [-0.1, -0.05) is 6.07 Å². The molecule has 1 saturated carbocycles. The Morgan fingerprint density at radius 2 is 1.83 bits per heavy atom. The zero-order chi connectivity index (χ0) is 22.3. The van der Waals surface area contributed by atoms with Gasteiger partial charge in [-0.15, -0.1) is 0 Å². The molecule has 12 heteroatoms. The van der Waals surface area contributed by atoms with Gasteiger partial charge in [0.05, 0.1) is 17.5 Å². The third kappa shape index (κ3) is 4.78. The van der Waals surface area contributed by atoms with Crippen LogP contribution in [0, 0.1) is 17.7 Å². The predicted octanol–water partition coefficient (Wildman–Crippen LogP) is 3.62. The van der Waals surface area contributed by atoms with Gasteiger partial charge in [-0.25, -0.2) is 9.18 Å². The first kappa shape index (κ1) is 22.2.